The van der Waals surface area contributed by atoms with Gasteiger partial charge in [-0.2, -0.15) is 4.31 Å². The van der Waals surface area contributed by atoms with Gasteiger partial charge in [-0.15, -0.1) is 0 Å². The summed E-state index contributed by atoms with van der Waals surface area (Å²) < 4.78 is 31.3. The predicted molar refractivity (Wildman–Crippen MR) is 78.7 cm³/mol. The molecule has 0 radical (unpaired) electrons. The van der Waals surface area contributed by atoms with Gasteiger partial charge in [-0.05, 0) is 37.6 Å². The Labute approximate surface area is 125 Å². The Morgan fingerprint density at radius 3 is 2.71 bits per heavy atom. The molecule has 2 rings (SSSR count). The van der Waals surface area contributed by atoms with Crippen LogP contribution in [0.25, 0.3) is 0 Å². The number of hydrogen-bond donors (Lipinski definition) is 1. The van der Waals surface area contributed by atoms with Crippen LogP contribution in [-0.4, -0.2) is 52.0 Å². The van der Waals surface area contributed by atoms with E-state index in [1.54, 1.807) is 20.0 Å². The number of nitrogens with one attached hydrogen (secondary N) is 1. The van der Waals surface area contributed by atoms with Crippen molar-refractivity contribution in [3.05, 3.63) is 29.3 Å². The van der Waals surface area contributed by atoms with Crippen molar-refractivity contribution < 1.29 is 17.9 Å². The molecule has 1 aromatic rings. The summed E-state index contributed by atoms with van der Waals surface area (Å²) in [7, 11) is -0.767. The molecule has 1 atom stereocenters. The number of benzene rings is 1. The van der Waals surface area contributed by atoms with Crippen molar-refractivity contribution in [3.63, 3.8) is 0 Å². The molecular formula is C14H20N2O4S. The van der Waals surface area contributed by atoms with Gasteiger partial charge >= 0.3 is 5.97 Å². The fourth-order valence-electron chi connectivity index (χ4n) is 2.40. The molecule has 6 nitrogen and oxygen atoms in total. The molecule has 116 valence electrons. The van der Waals surface area contributed by atoms with Crippen LogP contribution < -0.4 is 5.32 Å². The lowest BCUT2D eigenvalue weighted by atomic mass is 10.1. The van der Waals surface area contributed by atoms with Crippen molar-refractivity contribution in [1.82, 2.24) is 9.62 Å². The molecule has 1 saturated heterocycles. The summed E-state index contributed by atoms with van der Waals surface area (Å²) >= 11 is 0. The highest BCUT2D eigenvalue weighted by Gasteiger charge is 2.30. The lowest BCUT2D eigenvalue weighted by molar-refractivity contribution is 0.0599. The molecule has 0 amide bonds. The number of rotatable bonds is 4. The topological polar surface area (TPSA) is 75.7 Å². The molecule has 0 spiro atoms. The highest BCUT2D eigenvalue weighted by molar-refractivity contribution is 7.89. The first-order chi connectivity index (χ1) is 9.87. The molecule has 7 heteroatoms. The van der Waals surface area contributed by atoms with E-state index in [2.05, 4.69) is 10.1 Å². The molecule has 0 aliphatic carbocycles. The first kappa shape index (κ1) is 15.9. The second-order valence-corrected chi connectivity index (χ2v) is 7.13. The highest BCUT2D eigenvalue weighted by atomic mass is 32.2. The van der Waals surface area contributed by atoms with Crippen LogP contribution in [0.5, 0.6) is 0 Å². The van der Waals surface area contributed by atoms with E-state index in [9.17, 15) is 13.2 Å². The summed E-state index contributed by atoms with van der Waals surface area (Å²) in [5.74, 6) is -0.533. The van der Waals surface area contributed by atoms with Crippen LogP contribution in [-0.2, 0) is 14.8 Å². The second kappa shape index (κ2) is 6.13. The van der Waals surface area contributed by atoms with Gasteiger partial charge in [-0.3, -0.25) is 0 Å². The minimum absolute atomic E-state index is 0.0575. The number of aryl methyl sites for hydroxylation is 1. The number of hydrogen-bond acceptors (Lipinski definition) is 5. The fraction of sp³-hybridized carbons (Fsp3) is 0.500. The molecule has 1 N–H and O–H groups in total. The summed E-state index contributed by atoms with van der Waals surface area (Å²) in [4.78, 5) is 11.8. The number of methoxy groups -OCH3 is 1. The first-order valence-corrected chi connectivity index (χ1v) is 8.19. The second-order valence-electron chi connectivity index (χ2n) is 5.14. The van der Waals surface area contributed by atoms with Crippen LogP contribution in [0.2, 0.25) is 0 Å². The Balaban J connectivity index is 2.38. The van der Waals surface area contributed by atoms with Crippen molar-refractivity contribution >= 4 is 16.0 Å². The van der Waals surface area contributed by atoms with Crippen molar-refractivity contribution in [3.8, 4) is 0 Å². The van der Waals surface area contributed by atoms with Crippen LogP contribution in [0.1, 0.15) is 22.3 Å². The molecule has 0 bridgehead atoms. The van der Waals surface area contributed by atoms with Gasteiger partial charge in [0.15, 0.2) is 0 Å². The van der Waals surface area contributed by atoms with Gasteiger partial charge in [0.2, 0.25) is 10.0 Å². The van der Waals surface area contributed by atoms with Gasteiger partial charge in [0.05, 0.1) is 17.6 Å². The SMILES string of the molecule is COC(=O)c1cc(S(=O)(=O)N(C)C2CCNC2)ccc1C. The fourth-order valence-corrected chi connectivity index (χ4v) is 3.82. The third-order valence-corrected chi connectivity index (χ3v) is 5.75. The number of carbonyl (C=O) groups is 1. The van der Waals surface area contributed by atoms with Gasteiger partial charge in [0.25, 0.3) is 0 Å². The first-order valence-electron chi connectivity index (χ1n) is 6.75. The van der Waals surface area contributed by atoms with Crippen molar-refractivity contribution in [1.29, 1.82) is 0 Å². The van der Waals surface area contributed by atoms with Crippen molar-refractivity contribution in [2.24, 2.45) is 0 Å². The molecule has 1 aliphatic heterocycles. The summed E-state index contributed by atoms with van der Waals surface area (Å²) in [6.07, 6.45) is 0.783. The van der Waals surface area contributed by atoms with Crippen LogP contribution >= 0.6 is 0 Å². The Morgan fingerprint density at radius 2 is 2.14 bits per heavy atom. The third kappa shape index (κ3) is 3.09. The average molecular weight is 312 g/mol. The zero-order valence-electron chi connectivity index (χ0n) is 12.4. The molecule has 1 aromatic carbocycles. The molecule has 0 saturated carbocycles. The van der Waals surface area contributed by atoms with E-state index in [-0.39, 0.29) is 16.5 Å². The maximum absolute atomic E-state index is 12.6. The Bertz CT molecular complexity index is 636. The normalized spacial score (nSPS) is 19.0. The largest absolute Gasteiger partial charge is 0.465 e. The summed E-state index contributed by atoms with van der Waals surface area (Å²) in [6.45, 7) is 3.20. The number of likely N-dealkylation sites (N-methyl/N-ethyl adjacent to an activating group) is 1. The predicted octanol–water partition coefficient (Wildman–Crippen LogP) is 0.764. The zero-order valence-corrected chi connectivity index (χ0v) is 13.2. The third-order valence-electron chi connectivity index (χ3n) is 3.84. The minimum Gasteiger partial charge on any atom is -0.465 e. The maximum atomic E-state index is 12.6. The molecule has 1 unspecified atom stereocenters. The van der Waals surface area contributed by atoms with E-state index in [0.29, 0.717) is 12.1 Å². The lowest BCUT2D eigenvalue weighted by Crippen LogP contribution is -2.38. The van der Waals surface area contributed by atoms with Gasteiger partial charge in [-0.1, -0.05) is 6.07 Å². The highest BCUT2D eigenvalue weighted by Crippen LogP contribution is 2.22. The van der Waals surface area contributed by atoms with Gasteiger partial charge in [0, 0.05) is 19.6 Å². The Morgan fingerprint density at radius 1 is 1.43 bits per heavy atom. The van der Waals surface area contributed by atoms with Crippen LogP contribution in [0.4, 0.5) is 0 Å². The molecule has 1 fully saturated rings. The van der Waals surface area contributed by atoms with Gasteiger partial charge < -0.3 is 10.1 Å². The minimum atomic E-state index is -3.62. The Kier molecular flexibility index (Phi) is 4.65. The smallest absolute Gasteiger partial charge is 0.338 e. The monoisotopic (exact) mass is 312 g/mol. The summed E-state index contributed by atoms with van der Waals surface area (Å²) in [5.41, 5.74) is 0.961. The summed E-state index contributed by atoms with van der Waals surface area (Å²) in [5, 5.41) is 3.14. The van der Waals surface area contributed by atoms with E-state index in [1.807, 2.05) is 0 Å². The van der Waals surface area contributed by atoms with Crippen LogP contribution in [0.3, 0.4) is 0 Å². The molecule has 1 aliphatic rings. The molecular weight excluding hydrogens is 292 g/mol. The zero-order chi connectivity index (χ0) is 15.6. The summed E-state index contributed by atoms with van der Waals surface area (Å²) in [6, 6.07) is 4.48. The molecule has 1 heterocycles. The van der Waals surface area contributed by atoms with E-state index in [0.717, 1.165) is 13.0 Å². The quantitative estimate of drug-likeness (QED) is 0.831. The lowest BCUT2D eigenvalue weighted by Gasteiger charge is -2.23. The molecule has 0 aromatic heterocycles. The Hall–Kier alpha value is -1.44. The van der Waals surface area contributed by atoms with E-state index >= 15 is 0 Å². The van der Waals surface area contributed by atoms with Crippen molar-refractivity contribution in [2.45, 2.75) is 24.3 Å². The van der Waals surface area contributed by atoms with E-state index < -0.39 is 16.0 Å². The van der Waals surface area contributed by atoms with Crippen molar-refractivity contribution in [2.75, 3.05) is 27.2 Å². The number of sulfonamides is 1. The number of esters is 1. The number of nitrogens with zero attached hydrogens (tertiary/aromatic N) is 1. The number of ether oxygens (including phenoxy) is 1. The van der Waals surface area contributed by atoms with Gasteiger partial charge in [0.1, 0.15) is 0 Å². The number of carbonyl (C=O) groups excluding carboxylic acids is 1. The van der Waals surface area contributed by atoms with E-state index in [1.165, 1.54) is 23.5 Å². The van der Waals surface area contributed by atoms with Gasteiger partial charge in [-0.25, -0.2) is 13.2 Å². The van der Waals surface area contributed by atoms with Crippen LogP contribution in [0, 0.1) is 6.92 Å². The standard InChI is InChI=1S/C14H20N2O4S/c1-10-4-5-12(8-13(10)14(17)20-3)21(18,19)16(2)11-6-7-15-9-11/h4-5,8,11,15H,6-7,9H2,1-3H3. The van der Waals surface area contributed by atoms with E-state index in [4.69, 9.17) is 0 Å². The molecule has 21 heavy (non-hydrogen) atoms. The maximum Gasteiger partial charge on any atom is 0.338 e. The van der Waals surface area contributed by atoms with Crippen LogP contribution in [0.15, 0.2) is 23.1 Å². The average Bonchev–Trinajstić information content (AvgIpc) is 2.99.